The molecule has 0 bridgehead atoms. The summed E-state index contributed by atoms with van der Waals surface area (Å²) >= 11 is 0. The van der Waals surface area contributed by atoms with E-state index in [0.717, 1.165) is 19.8 Å². The van der Waals surface area contributed by atoms with Crippen LogP contribution >= 0.6 is 0 Å². The number of hydrogen-bond donors (Lipinski definition) is 1. The molecule has 0 saturated carbocycles. The molecule has 1 aromatic rings. The van der Waals surface area contributed by atoms with Crippen LogP contribution in [0.4, 0.5) is 0 Å². The average molecular weight is 201 g/mol. The maximum atomic E-state index is 5.53. The summed E-state index contributed by atoms with van der Waals surface area (Å²) in [5.41, 5.74) is 2.63. The summed E-state index contributed by atoms with van der Waals surface area (Å²) in [4.78, 5) is 0. The van der Waals surface area contributed by atoms with Crippen molar-refractivity contribution in [2.24, 2.45) is 0 Å². The van der Waals surface area contributed by atoms with Gasteiger partial charge in [0.15, 0.2) is 0 Å². The molecular formula is C13H15NO. The number of benzene rings is 1. The van der Waals surface area contributed by atoms with Gasteiger partial charge >= 0.3 is 0 Å². The molecule has 1 aliphatic heterocycles. The first kappa shape index (κ1) is 10.2. The number of rotatable bonds is 2. The first-order valence-corrected chi connectivity index (χ1v) is 5.20. The predicted molar refractivity (Wildman–Crippen MR) is 60.3 cm³/mol. The van der Waals surface area contributed by atoms with Crippen molar-refractivity contribution in [3.63, 3.8) is 0 Å². The van der Waals surface area contributed by atoms with Crippen LogP contribution in [0.5, 0.6) is 0 Å². The molecule has 1 atom stereocenters. The molecule has 0 saturated heterocycles. The Hall–Kier alpha value is -1.30. The van der Waals surface area contributed by atoms with E-state index >= 15 is 0 Å². The van der Waals surface area contributed by atoms with Crippen molar-refractivity contribution in [1.29, 1.82) is 0 Å². The van der Waals surface area contributed by atoms with Crippen LogP contribution in [0.25, 0.3) is 0 Å². The summed E-state index contributed by atoms with van der Waals surface area (Å²) in [6, 6.07) is 8.69. The number of ether oxygens (including phenoxy) is 1. The van der Waals surface area contributed by atoms with Gasteiger partial charge in [0, 0.05) is 0 Å². The van der Waals surface area contributed by atoms with Crippen LogP contribution in [-0.4, -0.2) is 13.2 Å². The lowest BCUT2D eigenvalue weighted by Crippen LogP contribution is -2.29. The molecule has 78 valence electrons. The second kappa shape index (κ2) is 4.97. The lowest BCUT2D eigenvalue weighted by atomic mass is 9.99. The lowest BCUT2D eigenvalue weighted by molar-refractivity contribution is 0.0834. The van der Waals surface area contributed by atoms with E-state index < -0.39 is 0 Å². The van der Waals surface area contributed by atoms with E-state index in [1.165, 1.54) is 11.1 Å². The Kier molecular flexibility index (Phi) is 3.39. The van der Waals surface area contributed by atoms with Crippen LogP contribution in [0, 0.1) is 11.8 Å². The third-order valence-corrected chi connectivity index (χ3v) is 2.59. The summed E-state index contributed by atoms with van der Waals surface area (Å²) < 4.78 is 5.53. The van der Waals surface area contributed by atoms with Crippen LogP contribution < -0.4 is 5.32 Å². The Balaban J connectivity index is 2.10. The van der Waals surface area contributed by atoms with E-state index in [2.05, 4.69) is 41.4 Å². The molecule has 0 aliphatic carbocycles. The molecule has 0 fully saturated rings. The van der Waals surface area contributed by atoms with Gasteiger partial charge in [-0.2, -0.15) is 0 Å². The van der Waals surface area contributed by atoms with E-state index in [4.69, 9.17) is 4.74 Å². The maximum Gasteiger partial charge on any atom is 0.0721 e. The Labute approximate surface area is 90.6 Å². The molecule has 1 N–H and O–H groups in total. The minimum absolute atomic E-state index is 0.288. The highest BCUT2D eigenvalue weighted by molar-refractivity contribution is 5.31. The monoisotopic (exact) mass is 201 g/mol. The fraction of sp³-hybridized carbons (Fsp3) is 0.385. The zero-order valence-corrected chi connectivity index (χ0v) is 8.92. The molecular weight excluding hydrogens is 186 g/mol. The molecule has 1 aromatic carbocycles. The molecule has 2 nitrogen and oxygen atoms in total. The number of hydrogen-bond acceptors (Lipinski definition) is 2. The van der Waals surface area contributed by atoms with Crippen molar-refractivity contribution in [2.75, 3.05) is 13.2 Å². The smallest absolute Gasteiger partial charge is 0.0721 e. The summed E-state index contributed by atoms with van der Waals surface area (Å²) in [6.45, 7) is 4.04. The molecule has 0 radical (unpaired) electrons. The van der Waals surface area contributed by atoms with Gasteiger partial charge < -0.3 is 4.74 Å². The van der Waals surface area contributed by atoms with Gasteiger partial charge in [-0.1, -0.05) is 30.2 Å². The first-order chi connectivity index (χ1) is 7.42. The van der Waals surface area contributed by atoms with Crippen LogP contribution in [0.3, 0.4) is 0 Å². The minimum Gasteiger partial charge on any atom is -0.375 e. The van der Waals surface area contributed by atoms with Crippen molar-refractivity contribution >= 4 is 0 Å². The Morgan fingerprint density at radius 2 is 2.33 bits per heavy atom. The summed E-state index contributed by atoms with van der Waals surface area (Å²) in [7, 11) is 0. The molecule has 1 heterocycles. The third kappa shape index (κ3) is 2.38. The zero-order chi connectivity index (χ0) is 10.5. The average Bonchev–Trinajstić information content (AvgIpc) is 2.30. The standard InChI is InChI=1S/C13H15NO/c1-2-3-8-14-13-10-15-9-11-6-4-5-7-12(11)13/h4-7,13-14H,8-10H2,1H3. The first-order valence-electron chi connectivity index (χ1n) is 5.20. The quantitative estimate of drug-likeness (QED) is 0.737. The Morgan fingerprint density at radius 3 is 3.20 bits per heavy atom. The van der Waals surface area contributed by atoms with Gasteiger partial charge in [-0.15, -0.1) is 5.92 Å². The van der Waals surface area contributed by atoms with Crippen molar-refractivity contribution in [2.45, 2.75) is 19.6 Å². The molecule has 2 rings (SSSR count). The summed E-state index contributed by atoms with van der Waals surface area (Å²) in [5, 5.41) is 3.38. The van der Waals surface area contributed by atoms with E-state index in [1.54, 1.807) is 0 Å². The normalized spacial score (nSPS) is 18.9. The van der Waals surface area contributed by atoms with Crippen LogP contribution in [0.15, 0.2) is 24.3 Å². The number of fused-ring (bicyclic) bond motifs is 1. The van der Waals surface area contributed by atoms with Crippen LogP contribution in [0.2, 0.25) is 0 Å². The van der Waals surface area contributed by atoms with Gasteiger partial charge in [-0.05, 0) is 18.1 Å². The van der Waals surface area contributed by atoms with Crippen molar-refractivity contribution < 1.29 is 4.74 Å². The highest BCUT2D eigenvalue weighted by atomic mass is 16.5. The summed E-state index contributed by atoms with van der Waals surface area (Å²) in [6.07, 6.45) is 0. The minimum atomic E-state index is 0.288. The maximum absolute atomic E-state index is 5.53. The van der Waals surface area contributed by atoms with E-state index in [9.17, 15) is 0 Å². The van der Waals surface area contributed by atoms with E-state index in [-0.39, 0.29) is 6.04 Å². The van der Waals surface area contributed by atoms with Gasteiger partial charge in [0.25, 0.3) is 0 Å². The molecule has 0 amide bonds. The van der Waals surface area contributed by atoms with Gasteiger partial charge in [-0.3, -0.25) is 5.32 Å². The summed E-state index contributed by atoms with van der Waals surface area (Å²) in [5.74, 6) is 5.89. The zero-order valence-electron chi connectivity index (χ0n) is 8.92. The Morgan fingerprint density at radius 1 is 1.47 bits per heavy atom. The largest absolute Gasteiger partial charge is 0.375 e. The number of nitrogens with one attached hydrogen (secondary N) is 1. The third-order valence-electron chi connectivity index (χ3n) is 2.59. The molecule has 1 unspecified atom stereocenters. The van der Waals surface area contributed by atoms with Crippen molar-refractivity contribution in [3.8, 4) is 11.8 Å². The highest BCUT2D eigenvalue weighted by Gasteiger charge is 2.18. The predicted octanol–water partition coefficient (Wildman–Crippen LogP) is 1.87. The SMILES string of the molecule is CC#CCNC1COCc2ccccc21. The lowest BCUT2D eigenvalue weighted by Gasteiger charge is -2.25. The second-order valence-electron chi connectivity index (χ2n) is 3.57. The molecule has 15 heavy (non-hydrogen) atoms. The van der Waals surface area contributed by atoms with Crippen LogP contribution in [-0.2, 0) is 11.3 Å². The Bertz CT molecular complexity index is 389. The highest BCUT2D eigenvalue weighted by Crippen LogP contribution is 2.23. The van der Waals surface area contributed by atoms with E-state index in [1.807, 2.05) is 6.92 Å². The molecule has 0 spiro atoms. The van der Waals surface area contributed by atoms with Gasteiger partial charge in [-0.25, -0.2) is 0 Å². The fourth-order valence-corrected chi connectivity index (χ4v) is 1.81. The van der Waals surface area contributed by atoms with Gasteiger partial charge in [0.05, 0.1) is 25.8 Å². The fourth-order valence-electron chi connectivity index (χ4n) is 1.81. The van der Waals surface area contributed by atoms with Crippen molar-refractivity contribution in [1.82, 2.24) is 5.32 Å². The van der Waals surface area contributed by atoms with Crippen LogP contribution in [0.1, 0.15) is 24.1 Å². The van der Waals surface area contributed by atoms with E-state index in [0.29, 0.717) is 0 Å². The van der Waals surface area contributed by atoms with Crippen molar-refractivity contribution in [3.05, 3.63) is 35.4 Å². The topological polar surface area (TPSA) is 21.3 Å². The molecule has 2 heteroatoms. The van der Waals surface area contributed by atoms with Gasteiger partial charge in [0.1, 0.15) is 0 Å². The molecule has 1 aliphatic rings. The van der Waals surface area contributed by atoms with Gasteiger partial charge in [0.2, 0.25) is 0 Å². The second-order valence-corrected chi connectivity index (χ2v) is 3.57. The molecule has 0 aromatic heterocycles.